The van der Waals surface area contributed by atoms with Crippen molar-refractivity contribution in [3.63, 3.8) is 0 Å². The summed E-state index contributed by atoms with van der Waals surface area (Å²) in [6, 6.07) is 0. The quantitative estimate of drug-likeness (QED) is 0.695. The van der Waals surface area contributed by atoms with Gasteiger partial charge in [-0.25, -0.2) is 0 Å². The SMILES string of the molecule is OCc1cnn(CC2CC2)c1. The Morgan fingerprint density at radius 2 is 2.45 bits per heavy atom. The van der Waals surface area contributed by atoms with Gasteiger partial charge in [0.05, 0.1) is 12.8 Å². The standard InChI is InChI=1S/C8H12N2O/c11-6-8-3-9-10(5-8)4-7-1-2-7/h3,5,7,11H,1-2,4,6H2. The lowest BCUT2D eigenvalue weighted by molar-refractivity contribution is 0.281. The molecule has 11 heavy (non-hydrogen) atoms. The highest BCUT2D eigenvalue weighted by Crippen LogP contribution is 2.30. The molecule has 0 spiro atoms. The van der Waals surface area contributed by atoms with E-state index in [0.717, 1.165) is 18.0 Å². The van der Waals surface area contributed by atoms with Gasteiger partial charge < -0.3 is 5.11 Å². The van der Waals surface area contributed by atoms with Crippen molar-refractivity contribution in [1.82, 2.24) is 9.78 Å². The normalized spacial score (nSPS) is 17.2. The highest BCUT2D eigenvalue weighted by molar-refractivity contribution is 5.01. The minimum atomic E-state index is 0.102. The fourth-order valence-corrected chi connectivity index (χ4v) is 1.15. The topological polar surface area (TPSA) is 38.1 Å². The Bertz CT molecular complexity index is 240. The largest absolute Gasteiger partial charge is 0.392 e. The molecule has 1 N–H and O–H groups in total. The summed E-state index contributed by atoms with van der Waals surface area (Å²) >= 11 is 0. The maximum Gasteiger partial charge on any atom is 0.0712 e. The first-order valence-electron chi connectivity index (χ1n) is 4.00. The van der Waals surface area contributed by atoms with E-state index in [1.165, 1.54) is 12.8 Å². The van der Waals surface area contributed by atoms with Crippen molar-refractivity contribution >= 4 is 0 Å². The van der Waals surface area contributed by atoms with Gasteiger partial charge in [-0.3, -0.25) is 4.68 Å². The number of aliphatic hydroxyl groups is 1. The van der Waals surface area contributed by atoms with Crippen LogP contribution < -0.4 is 0 Å². The molecule has 1 heterocycles. The average Bonchev–Trinajstić information content (AvgIpc) is 2.68. The Hall–Kier alpha value is -0.830. The molecule has 3 heteroatoms. The first-order valence-corrected chi connectivity index (χ1v) is 4.00. The second-order valence-electron chi connectivity index (χ2n) is 3.17. The Labute approximate surface area is 65.7 Å². The molecule has 1 saturated carbocycles. The van der Waals surface area contributed by atoms with Gasteiger partial charge in [0.25, 0.3) is 0 Å². The zero-order chi connectivity index (χ0) is 7.68. The van der Waals surface area contributed by atoms with Crippen LogP contribution in [0.3, 0.4) is 0 Å². The van der Waals surface area contributed by atoms with Crippen LogP contribution in [0.2, 0.25) is 0 Å². The second-order valence-corrected chi connectivity index (χ2v) is 3.17. The third-order valence-corrected chi connectivity index (χ3v) is 2.01. The molecule has 1 aliphatic carbocycles. The zero-order valence-electron chi connectivity index (χ0n) is 6.40. The van der Waals surface area contributed by atoms with Crippen molar-refractivity contribution in [1.29, 1.82) is 0 Å². The molecule has 0 aromatic carbocycles. The molecule has 1 aliphatic rings. The van der Waals surface area contributed by atoms with Gasteiger partial charge in [0.2, 0.25) is 0 Å². The first-order chi connectivity index (χ1) is 5.38. The van der Waals surface area contributed by atoms with Crippen LogP contribution in [0.4, 0.5) is 0 Å². The fourth-order valence-electron chi connectivity index (χ4n) is 1.15. The second kappa shape index (κ2) is 2.66. The number of nitrogens with zero attached hydrogens (tertiary/aromatic N) is 2. The van der Waals surface area contributed by atoms with Gasteiger partial charge in [0, 0.05) is 18.3 Å². The molecule has 0 bridgehead atoms. The molecule has 1 fully saturated rings. The lowest BCUT2D eigenvalue weighted by atomic mass is 10.4. The molecule has 0 saturated heterocycles. The van der Waals surface area contributed by atoms with Crippen LogP contribution in [0.1, 0.15) is 18.4 Å². The van der Waals surface area contributed by atoms with Crippen molar-refractivity contribution in [2.45, 2.75) is 26.0 Å². The third-order valence-electron chi connectivity index (χ3n) is 2.01. The predicted octanol–water partition coefficient (Wildman–Crippen LogP) is 0.785. The van der Waals surface area contributed by atoms with Crippen molar-refractivity contribution in [2.75, 3.05) is 0 Å². The molecule has 1 aromatic rings. The van der Waals surface area contributed by atoms with Crippen molar-refractivity contribution in [3.05, 3.63) is 18.0 Å². The Kier molecular flexibility index (Phi) is 1.66. The zero-order valence-corrected chi connectivity index (χ0v) is 6.40. The average molecular weight is 152 g/mol. The predicted molar refractivity (Wildman–Crippen MR) is 40.9 cm³/mol. The summed E-state index contributed by atoms with van der Waals surface area (Å²) in [4.78, 5) is 0. The molecule has 3 nitrogen and oxygen atoms in total. The number of hydrogen-bond acceptors (Lipinski definition) is 2. The summed E-state index contributed by atoms with van der Waals surface area (Å²) in [7, 11) is 0. The summed E-state index contributed by atoms with van der Waals surface area (Å²) in [5, 5.41) is 12.9. The minimum absolute atomic E-state index is 0.102. The van der Waals surface area contributed by atoms with Crippen LogP contribution in [-0.2, 0) is 13.2 Å². The van der Waals surface area contributed by atoms with Crippen LogP contribution in [-0.4, -0.2) is 14.9 Å². The summed E-state index contributed by atoms with van der Waals surface area (Å²) in [5.74, 6) is 0.849. The Balaban J connectivity index is 1.99. The highest BCUT2D eigenvalue weighted by atomic mass is 16.3. The molecule has 0 unspecified atom stereocenters. The number of aliphatic hydroxyl groups excluding tert-OH is 1. The van der Waals surface area contributed by atoms with Crippen molar-refractivity contribution in [3.8, 4) is 0 Å². The molecule has 0 atom stereocenters. The lowest BCUT2D eigenvalue weighted by Crippen LogP contribution is -1.99. The van der Waals surface area contributed by atoms with Gasteiger partial charge in [-0.2, -0.15) is 5.10 Å². The summed E-state index contributed by atoms with van der Waals surface area (Å²) in [6.45, 7) is 1.13. The van der Waals surface area contributed by atoms with E-state index >= 15 is 0 Å². The summed E-state index contributed by atoms with van der Waals surface area (Å²) in [6.07, 6.45) is 6.32. The van der Waals surface area contributed by atoms with Gasteiger partial charge in [-0.05, 0) is 18.8 Å². The Morgan fingerprint density at radius 1 is 1.64 bits per heavy atom. The van der Waals surface area contributed by atoms with E-state index < -0.39 is 0 Å². The van der Waals surface area contributed by atoms with Gasteiger partial charge in [0.1, 0.15) is 0 Å². The molecule has 0 aliphatic heterocycles. The van der Waals surface area contributed by atoms with E-state index in [-0.39, 0.29) is 6.61 Å². The van der Waals surface area contributed by atoms with E-state index in [0.29, 0.717) is 0 Å². The van der Waals surface area contributed by atoms with Gasteiger partial charge in [0.15, 0.2) is 0 Å². The fraction of sp³-hybridized carbons (Fsp3) is 0.625. The van der Waals surface area contributed by atoms with Crippen LogP contribution in [0.15, 0.2) is 12.4 Å². The molecule has 60 valence electrons. The summed E-state index contributed by atoms with van der Waals surface area (Å²) < 4.78 is 1.92. The molecule has 0 amide bonds. The van der Waals surface area contributed by atoms with E-state index in [1.54, 1.807) is 6.20 Å². The van der Waals surface area contributed by atoms with E-state index in [9.17, 15) is 0 Å². The Morgan fingerprint density at radius 3 is 3.00 bits per heavy atom. The van der Waals surface area contributed by atoms with Crippen LogP contribution in [0.5, 0.6) is 0 Å². The van der Waals surface area contributed by atoms with Gasteiger partial charge in [-0.1, -0.05) is 0 Å². The van der Waals surface area contributed by atoms with Gasteiger partial charge >= 0.3 is 0 Å². The lowest BCUT2D eigenvalue weighted by Gasteiger charge is -1.95. The minimum Gasteiger partial charge on any atom is -0.392 e. The molecule has 2 rings (SSSR count). The van der Waals surface area contributed by atoms with Crippen molar-refractivity contribution in [2.24, 2.45) is 5.92 Å². The maximum atomic E-state index is 8.75. The highest BCUT2D eigenvalue weighted by Gasteiger charge is 2.21. The number of aromatic nitrogens is 2. The monoisotopic (exact) mass is 152 g/mol. The number of rotatable bonds is 3. The van der Waals surface area contributed by atoms with Crippen LogP contribution in [0, 0.1) is 5.92 Å². The van der Waals surface area contributed by atoms with Crippen LogP contribution >= 0.6 is 0 Å². The molecule has 1 aromatic heterocycles. The van der Waals surface area contributed by atoms with Crippen molar-refractivity contribution < 1.29 is 5.11 Å². The molecule has 0 radical (unpaired) electrons. The van der Waals surface area contributed by atoms with Gasteiger partial charge in [-0.15, -0.1) is 0 Å². The summed E-state index contributed by atoms with van der Waals surface area (Å²) in [5.41, 5.74) is 0.908. The van der Waals surface area contributed by atoms with Crippen LogP contribution in [0.25, 0.3) is 0 Å². The molecular weight excluding hydrogens is 140 g/mol. The van der Waals surface area contributed by atoms with E-state index in [2.05, 4.69) is 5.10 Å². The van der Waals surface area contributed by atoms with E-state index in [4.69, 9.17) is 5.11 Å². The first kappa shape index (κ1) is 6.85. The number of hydrogen-bond donors (Lipinski definition) is 1. The van der Waals surface area contributed by atoms with E-state index in [1.807, 2.05) is 10.9 Å². The maximum absolute atomic E-state index is 8.75. The smallest absolute Gasteiger partial charge is 0.0712 e. The third kappa shape index (κ3) is 1.60. The molecular formula is C8H12N2O.